The first-order valence-corrected chi connectivity index (χ1v) is 10.8. The first-order chi connectivity index (χ1) is 16.0. The van der Waals surface area contributed by atoms with Crippen LogP contribution in [-0.4, -0.2) is 38.2 Å². The van der Waals surface area contributed by atoms with E-state index in [0.717, 1.165) is 37.9 Å². The Bertz CT molecular complexity index is 1280. The van der Waals surface area contributed by atoms with Crippen LogP contribution in [0.15, 0.2) is 42.1 Å². The number of hydrogen-bond donors (Lipinski definition) is 3. The number of anilines is 1. The Morgan fingerprint density at radius 3 is 2.79 bits per heavy atom. The van der Waals surface area contributed by atoms with Gasteiger partial charge in [-0.1, -0.05) is 18.2 Å². The van der Waals surface area contributed by atoms with E-state index < -0.39 is 17.5 Å². The number of nitrogens with zero attached hydrogens (tertiary/aromatic N) is 3. The van der Waals surface area contributed by atoms with E-state index in [2.05, 4.69) is 30.8 Å². The minimum absolute atomic E-state index is 0.0627. The number of halogens is 3. The highest BCUT2D eigenvalue weighted by Crippen LogP contribution is 2.30. The van der Waals surface area contributed by atoms with E-state index in [1.165, 1.54) is 6.07 Å². The molecule has 0 spiro atoms. The van der Waals surface area contributed by atoms with Gasteiger partial charge in [0.25, 0.3) is 5.91 Å². The van der Waals surface area contributed by atoms with Crippen LogP contribution in [0.4, 0.5) is 19.0 Å². The van der Waals surface area contributed by atoms with Crippen molar-refractivity contribution < 1.29 is 18.0 Å². The van der Waals surface area contributed by atoms with Gasteiger partial charge < -0.3 is 10.6 Å². The summed E-state index contributed by atoms with van der Waals surface area (Å²) in [6, 6.07) is 1.69. The fraction of sp³-hybridized carbons (Fsp3) is 0.304. The number of aromatic amines is 1. The zero-order valence-corrected chi connectivity index (χ0v) is 17.5. The maximum atomic E-state index is 14.6. The molecule has 0 bridgehead atoms. The third-order valence-corrected chi connectivity index (χ3v) is 5.93. The van der Waals surface area contributed by atoms with Crippen molar-refractivity contribution in [2.75, 3.05) is 5.32 Å². The second kappa shape index (κ2) is 8.68. The topological polar surface area (TPSA) is 95.6 Å². The Morgan fingerprint density at radius 1 is 1.12 bits per heavy atom. The van der Waals surface area contributed by atoms with Crippen molar-refractivity contribution in [1.29, 1.82) is 0 Å². The summed E-state index contributed by atoms with van der Waals surface area (Å²) in [5.41, 5.74) is 0.779. The number of nitrogens with one attached hydrogen (secondary N) is 3. The normalized spacial score (nSPS) is 20.2. The maximum absolute atomic E-state index is 14.6. The lowest BCUT2D eigenvalue weighted by Gasteiger charge is -2.31. The van der Waals surface area contributed by atoms with Crippen molar-refractivity contribution in [3.8, 4) is 11.4 Å². The van der Waals surface area contributed by atoms with Gasteiger partial charge in [-0.25, -0.2) is 23.1 Å². The largest absolute Gasteiger partial charge is 0.365 e. The molecule has 0 saturated heterocycles. The Hall–Kier alpha value is -3.69. The van der Waals surface area contributed by atoms with Gasteiger partial charge in [0.1, 0.15) is 11.5 Å². The molecule has 33 heavy (non-hydrogen) atoms. The molecule has 7 nitrogen and oxygen atoms in total. The molecule has 0 aliphatic heterocycles. The molecule has 1 fully saturated rings. The molecule has 3 aromatic rings. The molecule has 0 unspecified atom stereocenters. The number of carbonyl (C=O) groups excluding carboxylic acids is 1. The van der Waals surface area contributed by atoms with Gasteiger partial charge in [-0.2, -0.15) is 5.10 Å². The highest BCUT2D eigenvalue weighted by molar-refractivity contribution is 5.97. The van der Waals surface area contributed by atoms with Crippen molar-refractivity contribution in [3.63, 3.8) is 0 Å². The number of fused-ring (bicyclic) bond motifs is 1. The molecular weight excluding hydrogens is 433 g/mol. The Labute approximate surface area is 187 Å². The van der Waals surface area contributed by atoms with E-state index in [1.807, 2.05) is 12.2 Å². The first-order valence-electron chi connectivity index (χ1n) is 10.8. The van der Waals surface area contributed by atoms with Crippen molar-refractivity contribution in [3.05, 3.63) is 59.6 Å². The fourth-order valence-electron chi connectivity index (χ4n) is 4.34. The third kappa shape index (κ3) is 4.33. The highest BCUT2D eigenvalue weighted by Gasteiger charge is 2.26. The summed E-state index contributed by atoms with van der Waals surface area (Å²) in [6.45, 7) is 0. The summed E-state index contributed by atoms with van der Waals surface area (Å²) in [5, 5.41) is 12.9. The van der Waals surface area contributed by atoms with Crippen molar-refractivity contribution in [1.82, 2.24) is 25.5 Å². The van der Waals surface area contributed by atoms with Gasteiger partial charge in [-0.15, -0.1) is 0 Å². The molecule has 3 heterocycles. The zero-order chi connectivity index (χ0) is 22.9. The number of amides is 1. The van der Waals surface area contributed by atoms with Gasteiger partial charge in [-0.3, -0.25) is 9.89 Å². The number of pyridine rings is 2. The minimum atomic E-state index is -0.903. The van der Waals surface area contributed by atoms with Crippen LogP contribution >= 0.6 is 0 Å². The molecule has 3 aromatic heterocycles. The predicted molar refractivity (Wildman–Crippen MR) is 117 cm³/mol. The molecule has 1 saturated carbocycles. The number of aromatic nitrogens is 4. The minimum Gasteiger partial charge on any atom is -0.365 e. The third-order valence-electron chi connectivity index (χ3n) is 5.93. The van der Waals surface area contributed by atoms with E-state index in [9.17, 15) is 18.0 Å². The summed E-state index contributed by atoms with van der Waals surface area (Å²) < 4.78 is 42.8. The van der Waals surface area contributed by atoms with Gasteiger partial charge in [0.05, 0.1) is 17.3 Å². The van der Waals surface area contributed by atoms with Crippen molar-refractivity contribution in [2.45, 2.75) is 44.2 Å². The van der Waals surface area contributed by atoms with Crippen LogP contribution < -0.4 is 10.6 Å². The van der Waals surface area contributed by atoms with Crippen LogP contribution in [-0.2, 0) is 4.79 Å². The van der Waals surface area contributed by atoms with Gasteiger partial charge in [0, 0.05) is 23.7 Å². The standard InChI is InChI=1S/C23H21F3N6O/c24-13-8-16-19(31-32-21(16)27-11-13)20-17(25)10-18(26)22(30-20)28-14-6-3-7-15(9-14)29-23(33)12-4-1-2-5-12/h1,4-5,8,10-11,14-15H,2-3,6-7,9H2,(H,28,30)(H,29,33)(H,27,31,32)/t14-,15+/m0/s1. The van der Waals surface area contributed by atoms with E-state index in [0.29, 0.717) is 12.0 Å². The zero-order valence-electron chi connectivity index (χ0n) is 17.5. The van der Waals surface area contributed by atoms with Crippen LogP contribution in [0, 0.1) is 17.5 Å². The molecule has 170 valence electrons. The highest BCUT2D eigenvalue weighted by atomic mass is 19.1. The number of hydrogen-bond acceptors (Lipinski definition) is 5. The molecule has 3 N–H and O–H groups in total. The van der Waals surface area contributed by atoms with Gasteiger partial charge in [0.2, 0.25) is 0 Å². The second-order valence-corrected chi connectivity index (χ2v) is 8.25. The number of H-pyrrole nitrogens is 1. The quantitative estimate of drug-likeness (QED) is 0.538. The average Bonchev–Trinajstić information content (AvgIpc) is 3.46. The smallest absolute Gasteiger partial charge is 0.251 e. The molecule has 1 amide bonds. The molecule has 2 aliphatic rings. The molecule has 0 radical (unpaired) electrons. The lowest BCUT2D eigenvalue weighted by Crippen LogP contribution is -2.42. The van der Waals surface area contributed by atoms with Crippen LogP contribution in [0.2, 0.25) is 0 Å². The van der Waals surface area contributed by atoms with E-state index in [4.69, 9.17) is 0 Å². The maximum Gasteiger partial charge on any atom is 0.251 e. The number of rotatable bonds is 5. The molecule has 2 aliphatic carbocycles. The number of carbonyl (C=O) groups is 1. The molecule has 2 atom stereocenters. The molecule has 10 heteroatoms. The van der Waals surface area contributed by atoms with Crippen LogP contribution in [0.5, 0.6) is 0 Å². The summed E-state index contributed by atoms with van der Waals surface area (Å²) in [6.07, 6.45) is 10.3. The van der Waals surface area contributed by atoms with Gasteiger partial charge >= 0.3 is 0 Å². The second-order valence-electron chi connectivity index (χ2n) is 8.25. The van der Waals surface area contributed by atoms with Crippen LogP contribution in [0.3, 0.4) is 0 Å². The SMILES string of the molecule is O=C(N[C@@H]1CCC[C@H](Nc2nc(-c3[nH]nc4ncc(F)cc34)c(F)cc2F)C1)C1=CCC=C1. The van der Waals surface area contributed by atoms with E-state index >= 15 is 0 Å². The van der Waals surface area contributed by atoms with E-state index in [1.54, 1.807) is 6.08 Å². The average molecular weight is 454 g/mol. The lowest BCUT2D eigenvalue weighted by molar-refractivity contribution is -0.118. The molecular formula is C23H21F3N6O. The molecule has 0 aromatic carbocycles. The Morgan fingerprint density at radius 2 is 1.97 bits per heavy atom. The van der Waals surface area contributed by atoms with E-state index in [-0.39, 0.29) is 46.2 Å². The lowest BCUT2D eigenvalue weighted by atomic mass is 9.90. The van der Waals surface area contributed by atoms with Crippen molar-refractivity contribution >= 4 is 22.8 Å². The van der Waals surface area contributed by atoms with Crippen LogP contribution in [0.1, 0.15) is 32.1 Å². The summed E-state index contributed by atoms with van der Waals surface area (Å²) in [7, 11) is 0. The monoisotopic (exact) mass is 454 g/mol. The fourth-order valence-corrected chi connectivity index (χ4v) is 4.34. The van der Waals surface area contributed by atoms with Crippen LogP contribution in [0.25, 0.3) is 22.4 Å². The predicted octanol–water partition coefficient (Wildman–Crippen LogP) is 4.16. The summed E-state index contributed by atoms with van der Waals surface area (Å²) in [4.78, 5) is 20.4. The molecule has 5 rings (SSSR count). The first kappa shape index (κ1) is 21.2. The van der Waals surface area contributed by atoms with Gasteiger partial charge in [-0.05, 0) is 38.2 Å². The Balaban J connectivity index is 1.35. The summed E-state index contributed by atoms with van der Waals surface area (Å²) >= 11 is 0. The van der Waals surface area contributed by atoms with Gasteiger partial charge in [0.15, 0.2) is 23.1 Å². The summed E-state index contributed by atoms with van der Waals surface area (Å²) in [5.74, 6) is -2.58. The number of allylic oxidation sites excluding steroid dienone is 2. The van der Waals surface area contributed by atoms with Crippen molar-refractivity contribution in [2.24, 2.45) is 0 Å². The Kier molecular flexibility index (Phi) is 5.57.